The number of fused-ring (bicyclic) bond motifs is 1. The second-order valence-electron chi connectivity index (χ2n) is 4.94. The fourth-order valence-corrected chi connectivity index (χ4v) is 1.96. The van der Waals surface area contributed by atoms with Gasteiger partial charge in [0, 0.05) is 17.7 Å². The van der Waals surface area contributed by atoms with E-state index < -0.39 is 0 Å². The van der Waals surface area contributed by atoms with Crippen LogP contribution in [0.3, 0.4) is 0 Å². The Balaban J connectivity index is 1.83. The van der Waals surface area contributed by atoms with Crippen LogP contribution in [0.5, 0.6) is 11.5 Å². The van der Waals surface area contributed by atoms with E-state index in [9.17, 15) is 4.79 Å². The van der Waals surface area contributed by atoms with Gasteiger partial charge >= 0.3 is 0 Å². The van der Waals surface area contributed by atoms with Crippen LogP contribution < -0.4 is 20.5 Å². The Bertz CT molecular complexity index is 460. The average Bonchev–Trinajstić information content (AvgIpc) is 2.70. The van der Waals surface area contributed by atoms with Crippen LogP contribution in [0, 0.1) is 0 Å². The molecule has 0 aliphatic carbocycles. The molecule has 1 atom stereocenters. The van der Waals surface area contributed by atoms with Gasteiger partial charge in [-0.15, -0.1) is 0 Å². The van der Waals surface area contributed by atoms with Gasteiger partial charge in [-0.25, -0.2) is 0 Å². The first-order valence-electron chi connectivity index (χ1n) is 6.50. The van der Waals surface area contributed by atoms with Crippen LogP contribution in [-0.4, -0.2) is 25.2 Å². The van der Waals surface area contributed by atoms with Crippen LogP contribution in [0.4, 0.5) is 0 Å². The minimum Gasteiger partial charge on any atom is -0.493 e. The zero-order chi connectivity index (χ0) is 13.8. The fourth-order valence-electron chi connectivity index (χ4n) is 1.96. The van der Waals surface area contributed by atoms with E-state index in [0.29, 0.717) is 25.4 Å². The molecule has 3 N–H and O–H groups in total. The van der Waals surface area contributed by atoms with Gasteiger partial charge in [0.05, 0.1) is 19.1 Å². The molecule has 2 rings (SSSR count). The minimum absolute atomic E-state index is 0.00516. The van der Waals surface area contributed by atoms with Gasteiger partial charge in [-0.3, -0.25) is 4.79 Å². The van der Waals surface area contributed by atoms with Gasteiger partial charge in [-0.05, 0) is 26.0 Å². The van der Waals surface area contributed by atoms with Gasteiger partial charge in [0.2, 0.25) is 5.91 Å². The second-order valence-corrected chi connectivity index (χ2v) is 4.94. The van der Waals surface area contributed by atoms with Crippen molar-refractivity contribution in [3.05, 3.63) is 23.8 Å². The smallest absolute Gasteiger partial charge is 0.223 e. The number of amides is 1. The molecule has 0 bridgehead atoms. The topological polar surface area (TPSA) is 73.6 Å². The molecule has 1 unspecified atom stereocenters. The van der Waals surface area contributed by atoms with Gasteiger partial charge in [-0.2, -0.15) is 0 Å². The summed E-state index contributed by atoms with van der Waals surface area (Å²) in [6.07, 6.45) is 0.343. The number of hydrogen-bond donors (Lipinski definition) is 2. The van der Waals surface area contributed by atoms with Crippen LogP contribution in [-0.2, 0) is 4.79 Å². The van der Waals surface area contributed by atoms with Gasteiger partial charge in [0.25, 0.3) is 0 Å². The molecule has 0 spiro atoms. The summed E-state index contributed by atoms with van der Waals surface area (Å²) < 4.78 is 11.0. The molecule has 1 aromatic carbocycles. The van der Waals surface area contributed by atoms with Crippen molar-refractivity contribution >= 4 is 5.91 Å². The van der Waals surface area contributed by atoms with Crippen LogP contribution in [0.25, 0.3) is 0 Å². The quantitative estimate of drug-likeness (QED) is 0.842. The molecule has 1 aromatic rings. The molecule has 19 heavy (non-hydrogen) atoms. The van der Waals surface area contributed by atoms with E-state index in [1.54, 1.807) is 0 Å². The molecule has 1 aliphatic heterocycles. The first kappa shape index (κ1) is 13.7. The predicted octanol–water partition coefficient (Wildman–Crippen LogP) is 1.37. The minimum atomic E-state index is -0.0548. The standard InChI is InChI=1S/C14H20N2O3/c1-9(2)16-14(17)5-6-18-10-3-4-11-12(15)8-19-13(11)7-10/h3-4,7,9,12H,5-6,8,15H2,1-2H3,(H,16,17). The van der Waals surface area contributed by atoms with Gasteiger partial charge in [0.15, 0.2) is 0 Å². The summed E-state index contributed by atoms with van der Waals surface area (Å²) in [7, 11) is 0. The summed E-state index contributed by atoms with van der Waals surface area (Å²) in [5.41, 5.74) is 6.87. The SMILES string of the molecule is CC(C)NC(=O)CCOc1ccc2c(c1)OCC2N. The third kappa shape index (κ3) is 3.61. The van der Waals surface area contributed by atoms with E-state index in [4.69, 9.17) is 15.2 Å². The molecule has 0 aromatic heterocycles. The maximum Gasteiger partial charge on any atom is 0.223 e. The zero-order valence-electron chi connectivity index (χ0n) is 11.3. The number of carbonyl (C=O) groups excluding carboxylic acids is 1. The van der Waals surface area contributed by atoms with Crippen molar-refractivity contribution in [2.75, 3.05) is 13.2 Å². The highest BCUT2D eigenvalue weighted by Gasteiger charge is 2.20. The zero-order valence-corrected chi connectivity index (χ0v) is 11.3. The molecule has 104 valence electrons. The third-order valence-corrected chi connectivity index (χ3v) is 2.85. The van der Waals surface area contributed by atoms with Crippen molar-refractivity contribution in [3.63, 3.8) is 0 Å². The summed E-state index contributed by atoms with van der Waals surface area (Å²) in [5.74, 6) is 1.47. The Morgan fingerprint density at radius 3 is 3.11 bits per heavy atom. The van der Waals surface area contributed by atoms with Crippen molar-refractivity contribution in [2.45, 2.75) is 32.4 Å². The van der Waals surface area contributed by atoms with Crippen LogP contribution in [0.1, 0.15) is 31.9 Å². The number of nitrogens with one attached hydrogen (secondary N) is 1. The second kappa shape index (κ2) is 5.93. The fraction of sp³-hybridized carbons (Fsp3) is 0.500. The van der Waals surface area contributed by atoms with Crippen LogP contribution in [0.2, 0.25) is 0 Å². The lowest BCUT2D eigenvalue weighted by Gasteiger charge is -2.10. The number of benzene rings is 1. The number of hydrogen-bond acceptors (Lipinski definition) is 4. The van der Waals surface area contributed by atoms with E-state index in [2.05, 4.69) is 5.32 Å². The largest absolute Gasteiger partial charge is 0.493 e. The van der Waals surface area contributed by atoms with Crippen molar-refractivity contribution in [1.82, 2.24) is 5.32 Å². The van der Waals surface area contributed by atoms with Crippen LogP contribution in [0.15, 0.2) is 18.2 Å². The van der Waals surface area contributed by atoms with E-state index >= 15 is 0 Å². The number of rotatable bonds is 5. The van der Waals surface area contributed by atoms with Crippen molar-refractivity contribution in [1.29, 1.82) is 0 Å². The monoisotopic (exact) mass is 264 g/mol. The molecular formula is C14H20N2O3. The van der Waals surface area contributed by atoms with Gasteiger partial charge in [-0.1, -0.05) is 0 Å². The first-order chi connectivity index (χ1) is 9.06. The molecular weight excluding hydrogens is 244 g/mol. The van der Waals surface area contributed by atoms with Gasteiger partial charge < -0.3 is 20.5 Å². The Kier molecular flexibility index (Phi) is 4.27. The average molecular weight is 264 g/mol. The lowest BCUT2D eigenvalue weighted by Crippen LogP contribution is -2.31. The van der Waals surface area contributed by atoms with E-state index in [0.717, 1.165) is 11.3 Å². The molecule has 0 saturated carbocycles. The highest BCUT2D eigenvalue weighted by atomic mass is 16.5. The third-order valence-electron chi connectivity index (χ3n) is 2.85. The molecule has 1 amide bonds. The Morgan fingerprint density at radius 1 is 1.58 bits per heavy atom. The summed E-state index contributed by atoms with van der Waals surface area (Å²) in [6.45, 7) is 4.72. The van der Waals surface area contributed by atoms with Crippen LogP contribution >= 0.6 is 0 Å². The molecule has 5 nitrogen and oxygen atoms in total. The molecule has 1 heterocycles. The van der Waals surface area contributed by atoms with Crippen molar-refractivity contribution in [2.24, 2.45) is 5.73 Å². The Hall–Kier alpha value is -1.75. The van der Waals surface area contributed by atoms with E-state index in [1.807, 2.05) is 32.0 Å². The normalized spacial score (nSPS) is 16.9. The lowest BCUT2D eigenvalue weighted by atomic mass is 10.1. The molecule has 0 radical (unpaired) electrons. The summed E-state index contributed by atoms with van der Waals surface area (Å²) >= 11 is 0. The summed E-state index contributed by atoms with van der Waals surface area (Å²) in [4.78, 5) is 11.4. The number of nitrogens with two attached hydrogens (primary N) is 1. The molecule has 1 aliphatic rings. The number of ether oxygens (including phenoxy) is 2. The Labute approximate surface area is 113 Å². The van der Waals surface area contributed by atoms with E-state index in [1.165, 1.54) is 0 Å². The highest BCUT2D eigenvalue weighted by Crippen LogP contribution is 2.33. The molecule has 0 fully saturated rings. The van der Waals surface area contributed by atoms with Crippen molar-refractivity contribution in [3.8, 4) is 11.5 Å². The number of carbonyl (C=O) groups is 1. The maximum atomic E-state index is 11.4. The molecule has 0 saturated heterocycles. The highest BCUT2D eigenvalue weighted by molar-refractivity contribution is 5.76. The summed E-state index contributed by atoms with van der Waals surface area (Å²) in [6, 6.07) is 5.69. The van der Waals surface area contributed by atoms with E-state index in [-0.39, 0.29) is 18.0 Å². The first-order valence-corrected chi connectivity index (χ1v) is 6.50. The lowest BCUT2D eigenvalue weighted by molar-refractivity contribution is -0.122. The molecule has 5 heteroatoms. The van der Waals surface area contributed by atoms with Crippen molar-refractivity contribution < 1.29 is 14.3 Å². The predicted molar refractivity (Wildman–Crippen MR) is 72.3 cm³/mol. The Morgan fingerprint density at radius 2 is 2.37 bits per heavy atom. The maximum absolute atomic E-state index is 11.4. The summed E-state index contributed by atoms with van der Waals surface area (Å²) in [5, 5.41) is 2.82. The van der Waals surface area contributed by atoms with Gasteiger partial charge in [0.1, 0.15) is 18.1 Å².